The Morgan fingerprint density at radius 3 is 2.80 bits per heavy atom. The molecule has 2 amide bonds. The molecule has 1 aromatic carbocycles. The number of rotatable bonds is 4. The zero-order valence-electron chi connectivity index (χ0n) is 10.9. The summed E-state index contributed by atoms with van der Waals surface area (Å²) in [6.07, 6.45) is 0. The Labute approximate surface area is 119 Å². The van der Waals surface area contributed by atoms with Crippen LogP contribution in [0.2, 0.25) is 0 Å². The van der Waals surface area contributed by atoms with Gasteiger partial charge in [0.1, 0.15) is 11.6 Å². The van der Waals surface area contributed by atoms with E-state index < -0.39 is 11.6 Å². The lowest BCUT2D eigenvalue weighted by Crippen LogP contribution is -2.36. The van der Waals surface area contributed by atoms with E-state index in [2.05, 4.69) is 5.32 Å². The first kappa shape index (κ1) is 14.5. The minimum absolute atomic E-state index is 0.0857. The Morgan fingerprint density at radius 1 is 1.35 bits per heavy atom. The zero-order valence-corrected chi connectivity index (χ0v) is 11.7. The van der Waals surface area contributed by atoms with Gasteiger partial charge in [-0.05, 0) is 17.5 Å². The van der Waals surface area contributed by atoms with E-state index >= 15 is 0 Å². The highest BCUT2D eigenvalue weighted by Gasteiger charge is 2.12. The van der Waals surface area contributed by atoms with Gasteiger partial charge in [-0.25, -0.2) is 13.6 Å². The number of carbonyl (C=O) groups is 1. The molecule has 0 saturated carbocycles. The number of carbonyl (C=O) groups excluding carboxylic acids is 1. The van der Waals surface area contributed by atoms with E-state index in [0.717, 1.165) is 10.9 Å². The standard InChI is InChI=1S/C14H14F2N2OS/c1-18(9-10-4-5-11(15)7-13(10)16)14(19)17-8-12-3-2-6-20-12/h2-7H,8-9H2,1H3,(H,17,19). The van der Waals surface area contributed by atoms with E-state index in [1.165, 1.54) is 17.0 Å². The van der Waals surface area contributed by atoms with Crippen molar-refractivity contribution in [3.63, 3.8) is 0 Å². The van der Waals surface area contributed by atoms with E-state index in [4.69, 9.17) is 0 Å². The predicted molar refractivity (Wildman–Crippen MR) is 74.4 cm³/mol. The second kappa shape index (κ2) is 6.47. The molecule has 1 N–H and O–H groups in total. The normalized spacial score (nSPS) is 10.3. The summed E-state index contributed by atoms with van der Waals surface area (Å²) in [5, 5.41) is 4.67. The van der Waals surface area contributed by atoms with Crippen LogP contribution < -0.4 is 5.32 Å². The maximum atomic E-state index is 13.5. The summed E-state index contributed by atoms with van der Waals surface area (Å²) in [6.45, 7) is 0.523. The summed E-state index contributed by atoms with van der Waals surface area (Å²) in [5.74, 6) is -1.28. The number of urea groups is 1. The van der Waals surface area contributed by atoms with Gasteiger partial charge >= 0.3 is 6.03 Å². The van der Waals surface area contributed by atoms with Gasteiger partial charge in [-0.2, -0.15) is 0 Å². The van der Waals surface area contributed by atoms with E-state index in [1.807, 2.05) is 17.5 Å². The van der Waals surface area contributed by atoms with Crippen molar-refractivity contribution in [2.24, 2.45) is 0 Å². The third-order valence-corrected chi connectivity index (χ3v) is 3.64. The minimum atomic E-state index is -0.650. The molecule has 1 heterocycles. The Kier molecular flexibility index (Phi) is 4.68. The monoisotopic (exact) mass is 296 g/mol. The summed E-state index contributed by atoms with van der Waals surface area (Å²) in [6, 6.07) is 6.85. The molecule has 0 fully saturated rings. The molecule has 0 bridgehead atoms. The first-order chi connectivity index (χ1) is 9.56. The van der Waals surface area contributed by atoms with Crippen LogP contribution in [0.3, 0.4) is 0 Å². The highest BCUT2D eigenvalue weighted by Crippen LogP contribution is 2.12. The Balaban J connectivity index is 1.90. The van der Waals surface area contributed by atoms with Gasteiger partial charge in [0.2, 0.25) is 0 Å². The molecule has 0 spiro atoms. The van der Waals surface area contributed by atoms with Crippen molar-refractivity contribution in [2.75, 3.05) is 7.05 Å². The maximum Gasteiger partial charge on any atom is 0.317 e. The third kappa shape index (κ3) is 3.77. The molecule has 0 unspecified atom stereocenters. The fourth-order valence-electron chi connectivity index (χ4n) is 1.69. The molecule has 6 heteroatoms. The molecule has 0 saturated heterocycles. The first-order valence-corrected chi connectivity index (χ1v) is 6.89. The molecule has 2 aromatic rings. The Hall–Kier alpha value is -1.95. The van der Waals surface area contributed by atoms with Crippen LogP contribution in [-0.4, -0.2) is 18.0 Å². The van der Waals surface area contributed by atoms with Crippen molar-refractivity contribution < 1.29 is 13.6 Å². The number of nitrogens with zero attached hydrogens (tertiary/aromatic N) is 1. The molecule has 0 aliphatic heterocycles. The highest BCUT2D eigenvalue weighted by molar-refractivity contribution is 7.09. The fourth-order valence-corrected chi connectivity index (χ4v) is 2.33. The Bertz CT molecular complexity index is 587. The summed E-state index contributed by atoms with van der Waals surface area (Å²) in [4.78, 5) is 14.2. The molecule has 3 nitrogen and oxygen atoms in total. The van der Waals surface area contributed by atoms with Gasteiger partial charge in [-0.3, -0.25) is 0 Å². The molecule has 1 aromatic heterocycles. The largest absolute Gasteiger partial charge is 0.333 e. The van der Waals surface area contributed by atoms with E-state index in [-0.39, 0.29) is 18.1 Å². The summed E-state index contributed by atoms with van der Waals surface area (Å²) in [7, 11) is 1.56. The maximum absolute atomic E-state index is 13.5. The number of hydrogen-bond acceptors (Lipinski definition) is 2. The zero-order chi connectivity index (χ0) is 14.5. The Morgan fingerprint density at radius 2 is 2.15 bits per heavy atom. The number of halogens is 2. The molecule has 0 aliphatic carbocycles. The van der Waals surface area contributed by atoms with Crippen LogP contribution in [0.5, 0.6) is 0 Å². The van der Waals surface area contributed by atoms with Gasteiger partial charge < -0.3 is 10.2 Å². The average molecular weight is 296 g/mol. The van der Waals surface area contributed by atoms with Crippen molar-refractivity contribution in [3.8, 4) is 0 Å². The van der Waals surface area contributed by atoms with E-state index in [0.29, 0.717) is 6.54 Å². The van der Waals surface area contributed by atoms with Crippen LogP contribution in [0.25, 0.3) is 0 Å². The smallest absolute Gasteiger partial charge is 0.317 e. The van der Waals surface area contributed by atoms with Crippen LogP contribution in [-0.2, 0) is 13.1 Å². The molecule has 20 heavy (non-hydrogen) atoms. The first-order valence-electron chi connectivity index (χ1n) is 6.01. The van der Waals surface area contributed by atoms with Crippen molar-refractivity contribution in [3.05, 3.63) is 57.8 Å². The van der Waals surface area contributed by atoms with Crippen molar-refractivity contribution in [1.82, 2.24) is 10.2 Å². The molecule has 106 valence electrons. The molecular formula is C14H14F2N2OS. The quantitative estimate of drug-likeness (QED) is 0.922. The van der Waals surface area contributed by atoms with Crippen LogP contribution in [0, 0.1) is 11.6 Å². The summed E-state index contributed by atoms with van der Waals surface area (Å²) in [5.41, 5.74) is 0.278. The lowest BCUT2D eigenvalue weighted by Gasteiger charge is -2.18. The van der Waals surface area contributed by atoms with Gasteiger partial charge in [-0.1, -0.05) is 12.1 Å². The average Bonchev–Trinajstić information content (AvgIpc) is 2.92. The topological polar surface area (TPSA) is 32.3 Å². The lowest BCUT2D eigenvalue weighted by molar-refractivity contribution is 0.206. The van der Waals surface area contributed by atoms with Gasteiger partial charge in [0.05, 0.1) is 6.54 Å². The lowest BCUT2D eigenvalue weighted by atomic mass is 10.2. The van der Waals surface area contributed by atoms with Crippen LogP contribution in [0.4, 0.5) is 13.6 Å². The fraction of sp³-hybridized carbons (Fsp3) is 0.214. The van der Waals surface area contributed by atoms with Gasteiger partial charge in [0.25, 0.3) is 0 Å². The van der Waals surface area contributed by atoms with Crippen molar-refractivity contribution >= 4 is 17.4 Å². The van der Waals surface area contributed by atoms with Crippen LogP contribution in [0.15, 0.2) is 35.7 Å². The summed E-state index contributed by atoms with van der Waals surface area (Å²) < 4.78 is 26.3. The second-order valence-corrected chi connectivity index (χ2v) is 5.36. The second-order valence-electron chi connectivity index (χ2n) is 4.33. The predicted octanol–water partition coefficient (Wildman–Crippen LogP) is 3.37. The number of hydrogen-bond donors (Lipinski definition) is 1. The van der Waals surface area contributed by atoms with Crippen molar-refractivity contribution in [1.29, 1.82) is 0 Å². The molecule has 0 aliphatic rings. The molecule has 2 rings (SSSR count). The number of thiophene rings is 1. The highest BCUT2D eigenvalue weighted by atomic mass is 32.1. The third-order valence-electron chi connectivity index (χ3n) is 2.76. The van der Waals surface area contributed by atoms with Gasteiger partial charge in [0.15, 0.2) is 0 Å². The number of nitrogens with one attached hydrogen (secondary N) is 1. The van der Waals surface area contributed by atoms with Gasteiger partial charge in [0, 0.05) is 30.1 Å². The van der Waals surface area contributed by atoms with E-state index in [9.17, 15) is 13.6 Å². The van der Waals surface area contributed by atoms with Crippen LogP contribution >= 0.6 is 11.3 Å². The van der Waals surface area contributed by atoms with Crippen LogP contribution in [0.1, 0.15) is 10.4 Å². The molecule has 0 radical (unpaired) electrons. The number of benzene rings is 1. The SMILES string of the molecule is CN(Cc1ccc(F)cc1F)C(=O)NCc1cccs1. The summed E-state index contributed by atoms with van der Waals surface area (Å²) >= 11 is 1.55. The molecular weight excluding hydrogens is 282 g/mol. The van der Waals surface area contributed by atoms with Crippen molar-refractivity contribution in [2.45, 2.75) is 13.1 Å². The number of amides is 2. The van der Waals surface area contributed by atoms with Gasteiger partial charge in [-0.15, -0.1) is 11.3 Å². The molecule has 0 atom stereocenters. The van der Waals surface area contributed by atoms with E-state index in [1.54, 1.807) is 18.4 Å². The minimum Gasteiger partial charge on any atom is -0.333 e.